The van der Waals surface area contributed by atoms with E-state index in [4.69, 9.17) is 0 Å². The molecule has 0 fully saturated rings. The van der Waals surface area contributed by atoms with Gasteiger partial charge in [-0.05, 0) is 12.8 Å². The number of carbonyl (C=O) groups is 1. The Labute approximate surface area is 68.2 Å². The highest BCUT2D eigenvalue weighted by molar-refractivity contribution is 5.72. The topological polar surface area (TPSA) is 26.3 Å². The van der Waals surface area contributed by atoms with Crippen LogP contribution in [0.2, 0.25) is 0 Å². The van der Waals surface area contributed by atoms with Gasteiger partial charge in [-0.25, -0.2) is 0 Å². The molecule has 0 aromatic heterocycles. The molecule has 2 heteroatoms. The van der Waals surface area contributed by atoms with E-state index in [9.17, 15) is 4.79 Å². The molecule has 0 rings (SSSR count). The predicted octanol–water partition coefficient (Wildman–Crippen LogP) is 2.30. The lowest BCUT2D eigenvalue weighted by atomic mass is 10.1. The lowest BCUT2D eigenvalue weighted by molar-refractivity contribution is -0.139. The lowest BCUT2D eigenvalue weighted by Gasteiger charge is -2.01. The average Bonchev–Trinajstić information content (AvgIpc) is 2.03. The molecule has 0 spiro atoms. The van der Waals surface area contributed by atoms with Gasteiger partial charge in [0.05, 0.1) is 13.5 Å². The minimum Gasteiger partial charge on any atom is -0.469 e. The fourth-order valence-electron chi connectivity index (χ4n) is 0.888. The summed E-state index contributed by atoms with van der Waals surface area (Å²) in [5.74, 6) is -0.147. The van der Waals surface area contributed by atoms with Crippen LogP contribution in [0.15, 0.2) is 11.6 Å². The number of allylic oxidation sites excluding steroid dienone is 1. The maximum atomic E-state index is 10.8. The van der Waals surface area contributed by atoms with E-state index < -0.39 is 0 Å². The van der Waals surface area contributed by atoms with Crippen LogP contribution in [-0.4, -0.2) is 13.1 Å². The van der Waals surface area contributed by atoms with Crippen molar-refractivity contribution in [3.8, 4) is 0 Å². The Balaban J connectivity index is 3.87. The Morgan fingerprint density at radius 3 is 2.45 bits per heavy atom. The first kappa shape index (κ1) is 10.2. The van der Waals surface area contributed by atoms with Crippen molar-refractivity contribution in [3.05, 3.63) is 11.6 Å². The van der Waals surface area contributed by atoms with Gasteiger partial charge in [-0.15, -0.1) is 0 Å². The molecule has 0 radical (unpaired) electrons. The van der Waals surface area contributed by atoms with Crippen molar-refractivity contribution >= 4 is 5.97 Å². The molecule has 0 atom stereocenters. The number of methoxy groups -OCH3 is 1. The van der Waals surface area contributed by atoms with Crippen LogP contribution >= 0.6 is 0 Å². The summed E-state index contributed by atoms with van der Waals surface area (Å²) in [5, 5.41) is 0. The summed E-state index contributed by atoms with van der Waals surface area (Å²) in [6, 6.07) is 0. The molecule has 0 aromatic carbocycles. The van der Waals surface area contributed by atoms with Crippen LogP contribution in [0.5, 0.6) is 0 Å². The summed E-state index contributed by atoms with van der Waals surface area (Å²) in [7, 11) is 1.42. The van der Waals surface area contributed by atoms with Gasteiger partial charge < -0.3 is 4.74 Å². The Morgan fingerprint density at radius 2 is 2.09 bits per heavy atom. The second-order valence-corrected chi connectivity index (χ2v) is 2.38. The summed E-state index contributed by atoms with van der Waals surface area (Å²) in [6.45, 7) is 4.11. The summed E-state index contributed by atoms with van der Waals surface area (Å²) < 4.78 is 4.55. The van der Waals surface area contributed by atoms with Gasteiger partial charge in [0.25, 0.3) is 0 Å². The van der Waals surface area contributed by atoms with E-state index in [-0.39, 0.29) is 5.97 Å². The monoisotopic (exact) mass is 156 g/mol. The standard InChI is InChI=1S/C9H16O2/c1-4-6-8(5-2)7-9(10)11-3/h6H,4-5,7H2,1-3H3/b8-6+. The number of rotatable bonds is 4. The molecule has 0 aromatic rings. The van der Waals surface area contributed by atoms with E-state index in [1.54, 1.807) is 0 Å². The maximum Gasteiger partial charge on any atom is 0.309 e. The molecule has 0 bridgehead atoms. The zero-order valence-electron chi connectivity index (χ0n) is 7.52. The van der Waals surface area contributed by atoms with Crippen molar-refractivity contribution in [2.75, 3.05) is 7.11 Å². The summed E-state index contributed by atoms with van der Waals surface area (Å²) in [4.78, 5) is 10.8. The minimum absolute atomic E-state index is 0.147. The Morgan fingerprint density at radius 1 is 1.45 bits per heavy atom. The SMILES string of the molecule is CC/C=C(\CC)CC(=O)OC. The molecule has 0 heterocycles. The van der Waals surface area contributed by atoms with Crippen LogP contribution in [-0.2, 0) is 9.53 Å². The third kappa shape index (κ3) is 4.59. The number of ether oxygens (including phenoxy) is 1. The van der Waals surface area contributed by atoms with E-state index in [0.29, 0.717) is 6.42 Å². The predicted molar refractivity (Wildman–Crippen MR) is 45.3 cm³/mol. The van der Waals surface area contributed by atoms with E-state index >= 15 is 0 Å². The molecule has 0 saturated carbocycles. The fourth-order valence-corrected chi connectivity index (χ4v) is 0.888. The van der Waals surface area contributed by atoms with Gasteiger partial charge in [-0.2, -0.15) is 0 Å². The highest BCUT2D eigenvalue weighted by Gasteiger charge is 2.02. The Kier molecular flexibility index (Phi) is 5.53. The van der Waals surface area contributed by atoms with Crippen molar-refractivity contribution in [1.29, 1.82) is 0 Å². The summed E-state index contributed by atoms with van der Waals surface area (Å²) >= 11 is 0. The van der Waals surface area contributed by atoms with Crippen LogP contribution in [0.25, 0.3) is 0 Å². The molecule has 0 saturated heterocycles. The van der Waals surface area contributed by atoms with Crippen molar-refractivity contribution in [3.63, 3.8) is 0 Å². The first-order valence-corrected chi connectivity index (χ1v) is 3.99. The highest BCUT2D eigenvalue weighted by Crippen LogP contribution is 2.07. The van der Waals surface area contributed by atoms with Gasteiger partial charge in [-0.3, -0.25) is 4.79 Å². The molecule has 11 heavy (non-hydrogen) atoms. The van der Waals surface area contributed by atoms with E-state index in [1.807, 2.05) is 6.92 Å². The molecule has 0 N–H and O–H groups in total. The van der Waals surface area contributed by atoms with Crippen molar-refractivity contribution in [2.24, 2.45) is 0 Å². The zero-order chi connectivity index (χ0) is 8.69. The number of hydrogen-bond acceptors (Lipinski definition) is 2. The second kappa shape index (κ2) is 5.96. The largest absolute Gasteiger partial charge is 0.469 e. The van der Waals surface area contributed by atoms with E-state index in [0.717, 1.165) is 12.8 Å². The maximum absolute atomic E-state index is 10.8. The molecule has 0 unspecified atom stereocenters. The second-order valence-electron chi connectivity index (χ2n) is 2.38. The molecule has 64 valence electrons. The number of carbonyl (C=O) groups excluding carboxylic acids is 1. The highest BCUT2D eigenvalue weighted by atomic mass is 16.5. The quantitative estimate of drug-likeness (QED) is 0.461. The van der Waals surface area contributed by atoms with E-state index in [2.05, 4.69) is 17.7 Å². The van der Waals surface area contributed by atoms with Crippen molar-refractivity contribution < 1.29 is 9.53 Å². The third-order valence-corrected chi connectivity index (χ3v) is 1.55. The van der Waals surface area contributed by atoms with Crippen molar-refractivity contribution in [1.82, 2.24) is 0 Å². The first-order chi connectivity index (χ1) is 5.24. The van der Waals surface area contributed by atoms with Crippen LogP contribution in [0.4, 0.5) is 0 Å². The van der Waals surface area contributed by atoms with Gasteiger partial charge in [0.2, 0.25) is 0 Å². The van der Waals surface area contributed by atoms with Crippen LogP contribution < -0.4 is 0 Å². The first-order valence-electron chi connectivity index (χ1n) is 3.99. The van der Waals surface area contributed by atoms with Gasteiger partial charge in [0.1, 0.15) is 0 Å². The van der Waals surface area contributed by atoms with Gasteiger partial charge in [0.15, 0.2) is 0 Å². The molecule has 0 aliphatic heterocycles. The zero-order valence-corrected chi connectivity index (χ0v) is 7.52. The Hall–Kier alpha value is -0.790. The Bertz CT molecular complexity index is 148. The molecular formula is C9H16O2. The fraction of sp³-hybridized carbons (Fsp3) is 0.667. The summed E-state index contributed by atoms with van der Waals surface area (Å²) in [6.07, 6.45) is 4.45. The minimum atomic E-state index is -0.147. The third-order valence-electron chi connectivity index (χ3n) is 1.55. The molecule has 0 amide bonds. The number of esters is 1. The smallest absolute Gasteiger partial charge is 0.309 e. The van der Waals surface area contributed by atoms with Gasteiger partial charge in [0, 0.05) is 0 Å². The normalized spacial score (nSPS) is 11.4. The summed E-state index contributed by atoms with van der Waals surface area (Å²) in [5.41, 5.74) is 1.17. The molecule has 0 aliphatic rings. The lowest BCUT2D eigenvalue weighted by Crippen LogP contribution is -2.01. The molecular weight excluding hydrogens is 140 g/mol. The molecule has 2 nitrogen and oxygen atoms in total. The average molecular weight is 156 g/mol. The van der Waals surface area contributed by atoms with Gasteiger partial charge in [-0.1, -0.05) is 25.5 Å². The van der Waals surface area contributed by atoms with Gasteiger partial charge >= 0.3 is 5.97 Å². The van der Waals surface area contributed by atoms with Crippen molar-refractivity contribution in [2.45, 2.75) is 33.1 Å². The van der Waals surface area contributed by atoms with Crippen LogP contribution in [0.3, 0.4) is 0 Å². The van der Waals surface area contributed by atoms with Crippen LogP contribution in [0.1, 0.15) is 33.1 Å². The number of hydrogen-bond donors (Lipinski definition) is 0. The molecule has 0 aliphatic carbocycles. The van der Waals surface area contributed by atoms with E-state index in [1.165, 1.54) is 12.7 Å². The van der Waals surface area contributed by atoms with Crippen LogP contribution in [0, 0.1) is 0 Å².